The van der Waals surface area contributed by atoms with Gasteiger partial charge in [-0.2, -0.15) is 5.26 Å². The number of hydrogen-bond acceptors (Lipinski definition) is 3. The van der Waals surface area contributed by atoms with Crippen LogP contribution in [0.25, 0.3) is 0 Å². The second-order valence-corrected chi connectivity index (χ2v) is 6.34. The fourth-order valence-corrected chi connectivity index (χ4v) is 3.66. The largest absolute Gasteiger partial charge is 0.341 e. The molecule has 1 aliphatic heterocycles. The number of carbonyl (C=O) groups is 1. The lowest BCUT2D eigenvalue weighted by atomic mass is 9.74. The zero-order valence-corrected chi connectivity index (χ0v) is 12.9. The third kappa shape index (κ3) is 2.98. The molecule has 4 heteroatoms. The Morgan fingerprint density at radius 2 is 1.90 bits per heavy atom. The lowest BCUT2D eigenvalue weighted by Crippen LogP contribution is -2.50. The first-order chi connectivity index (χ1) is 9.63. The molecule has 0 radical (unpaired) electrons. The molecule has 4 nitrogen and oxygen atoms in total. The molecule has 0 unspecified atom stereocenters. The highest BCUT2D eigenvalue weighted by atomic mass is 16.2. The van der Waals surface area contributed by atoms with Crippen molar-refractivity contribution < 1.29 is 4.79 Å². The van der Waals surface area contributed by atoms with Gasteiger partial charge in [-0.1, -0.05) is 26.2 Å². The zero-order chi connectivity index (χ0) is 14.6. The zero-order valence-electron chi connectivity index (χ0n) is 12.9. The Balaban J connectivity index is 1.99. The van der Waals surface area contributed by atoms with E-state index < -0.39 is 5.41 Å². The van der Waals surface area contributed by atoms with Gasteiger partial charge < -0.3 is 9.80 Å². The van der Waals surface area contributed by atoms with Crippen LogP contribution in [0.3, 0.4) is 0 Å². The number of carbonyl (C=O) groups excluding carboxylic acids is 1. The third-order valence-electron chi connectivity index (χ3n) is 5.20. The SMILES string of the molecule is CCN1CCC(N(C)C(=O)C2(C#N)CCCCC2)CC1. The van der Waals surface area contributed by atoms with Gasteiger partial charge in [-0.15, -0.1) is 0 Å². The summed E-state index contributed by atoms with van der Waals surface area (Å²) in [6.07, 6.45) is 6.77. The summed E-state index contributed by atoms with van der Waals surface area (Å²) in [5.74, 6) is 0.0784. The Bertz CT molecular complexity index is 374. The van der Waals surface area contributed by atoms with Crippen molar-refractivity contribution >= 4 is 5.91 Å². The first-order valence-corrected chi connectivity index (χ1v) is 8.04. The molecule has 0 aromatic carbocycles. The van der Waals surface area contributed by atoms with Crippen LogP contribution in [0.2, 0.25) is 0 Å². The summed E-state index contributed by atoms with van der Waals surface area (Å²) in [5.41, 5.74) is -0.727. The Morgan fingerprint density at radius 3 is 2.40 bits per heavy atom. The van der Waals surface area contributed by atoms with Gasteiger partial charge in [0.25, 0.3) is 0 Å². The molecular weight excluding hydrogens is 250 g/mol. The van der Waals surface area contributed by atoms with Gasteiger partial charge in [-0.3, -0.25) is 4.79 Å². The topological polar surface area (TPSA) is 47.3 Å². The number of nitriles is 1. The second-order valence-electron chi connectivity index (χ2n) is 6.34. The van der Waals surface area contributed by atoms with E-state index in [2.05, 4.69) is 17.9 Å². The Labute approximate surface area is 122 Å². The lowest BCUT2D eigenvalue weighted by molar-refractivity contribution is -0.142. The molecule has 112 valence electrons. The van der Waals surface area contributed by atoms with Crippen LogP contribution in [0.1, 0.15) is 51.9 Å². The number of piperidine rings is 1. The highest BCUT2D eigenvalue weighted by Crippen LogP contribution is 2.38. The molecule has 2 fully saturated rings. The van der Waals surface area contributed by atoms with Crippen LogP contribution < -0.4 is 0 Å². The van der Waals surface area contributed by atoms with Crippen LogP contribution in [-0.4, -0.2) is 48.4 Å². The van der Waals surface area contributed by atoms with E-state index in [0.717, 1.165) is 64.6 Å². The maximum Gasteiger partial charge on any atom is 0.243 e. The number of rotatable bonds is 3. The number of nitrogens with zero attached hydrogens (tertiary/aromatic N) is 3. The molecular formula is C16H27N3O. The smallest absolute Gasteiger partial charge is 0.243 e. The molecule has 0 N–H and O–H groups in total. The molecule has 0 aromatic rings. The van der Waals surface area contributed by atoms with E-state index in [1.165, 1.54) is 0 Å². The van der Waals surface area contributed by atoms with E-state index in [-0.39, 0.29) is 5.91 Å². The van der Waals surface area contributed by atoms with Crippen LogP contribution in [0.15, 0.2) is 0 Å². The Kier molecular flexibility index (Phi) is 5.04. The highest BCUT2D eigenvalue weighted by Gasteiger charge is 2.43. The van der Waals surface area contributed by atoms with Crippen molar-refractivity contribution in [1.29, 1.82) is 5.26 Å². The van der Waals surface area contributed by atoms with Gasteiger partial charge in [0.05, 0.1) is 6.07 Å². The van der Waals surface area contributed by atoms with Crippen LogP contribution in [0, 0.1) is 16.7 Å². The predicted octanol–water partition coefficient (Wildman–Crippen LogP) is 2.40. The van der Waals surface area contributed by atoms with Gasteiger partial charge in [-0.05, 0) is 32.2 Å². The maximum absolute atomic E-state index is 12.8. The molecule has 0 bridgehead atoms. The van der Waals surface area contributed by atoms with Crippen LogP contribution in [0.5, 0.6) is 0 Å². The maximum atomic E-state index is 12.8. The molecule has 1 amide bonds. The van der Waals surface area contributed by atoms with Gasteiger partial charge in [0.1, 0.15) is 5.41 Å². The van der Waals surface area contributed by atoms with Gasteiger partial charge in [-0.25, -0.2) is 0 Å². The van der Waals surface area contributed by atoms with E-state index in [4.69, 9.17) is 0 Å². The second kappa shape index (κ2) is 6.58. The Morgan fingerprint density at radius 1 is 1.30 bits per heavy atom. The molecule has 0 atom stereocenters. The number of likely N-dealkylation sites (tertiary alicyclic amines) is 1. The molecule has 1 saturated heterocycles. The molecule has 20 heavy (non-hydrogen) atoms. The van der Waals surface area contributed by atoms with Crippen molar-refractivity contribution in [1.82, 2.24) is 9.80 Å². The average molecular weight is 277 g/mol. The highest BCUT2D eigenvalue weighted by molar-refractivity contribution is 5.85. The first-order valence-electron chi connectivity index (χ1n) is 8.04. The summed E-state index contributed by atoms with van der Waals surface area (Å²) in [7, 11) is 1.91. The van der Waals surface area contributed by atoms with E-state index in [9.17, 15) is 10.1 Å². The quantitative estimate of drug-likeness (QED) is 0.796. The summed E-state index contributed by atoms with van der Waals surface area (Å²) < 4.78 is 0. The molecule has 0 spiro atoms. The lowest BCUT2D eigenvalue weighted by Gasteiger charge is -2.40. The van der Waals surface area contributed by atoms with Gasteiger partial charge >= 0.3 is 0 Å². The van der Waals surface area contributed by atoms with Crippen molar-refractivity contribution in [2.24, 2.45) is 5.41 Å². The number of hydrogen-bond donors (Lipinski definition) is 0. The minimum Gasteiger partial charge on any atom is -0.341 e. The number of amides is 1. The van der Waals surface area contributed by atoms with Gasteiger partial charge in [0.2, 0.25) is 5.91 Å². The monoisotopic (exact) mass is 277 g/mol. The molecule has 1 heterocycles. The van der Waals surface area contributed by atoms with Crippen molar-refractivity contribution in [2.75, 3.05) is 26.7 Å². The summed E-state index contributed by atoms with van der Waals surface area (Å²) in [4.78, 5) is 17.1. The van der Waals surface area contributed by atoms with E-state index >= 15 is 0 Å². The van der Waals surface area contributed by atoms with Crippen LogP contribution in [-0.2, 0) is 4.79 Å². The molecule has 1 aliphatic carbocycles. The van der Waals surface area contributed by atoms with Crippen molar-refractivity contribution in [2.45, 2.75) is 57.9 Å². The van der Waals surface area contributed by atoms with Crippen molar-refractivity contribution in [3.05, 3.63) is 0 Å². The normalized spacial score (nSPS) is 24.1. The van der Waals surface area contributed by atoms with E-state index in [1.54, 1.807) is 0 Å². The molecule has 1 saturated carbocycles. The fourth-order valence-electron chi connectivity index (χ4n) is 3.66. The third-order valence-corrected chi connectivity index (χ3v) is 5.20. The molecule has 2 rings (SSSR count). The van der Waals surface area contributed by atoms with E-state index in [0.29, 0.717) is 6.04 Å². The standard InChI is InChI=1S/C16H27N3O/c1-3-19-11-7-14(8-12-19)18(2)15(20)16(13-17)9-5-4-6-10-16/h14H,3-12H2,1-2H3. The fraction of sp³-hybridized carbons (Fsp3) is 0.875. The minimum atomic E-state index is -0.727. The van der Waals surface area contributed by atoms with Gasteiger partial charge in [0, 0.05) is 26.2 Å². The molecule has 0 aromatic heterocycles. The Hall–Kier alpha value is -1.08. The first kappa shape index (κ1) is 15.3. The summed E-state index contributed by atoms with van der Waals surface area (Å²) in [6.45, 7) is 5.41. The summed E-state index contributed by atoms with van der Waals surface area (Å²) >= 11 is 0. The minimum absolute atomic E-state index is 0.0784. The summed E-state index contributed by atoms with van der Waals surface area (Å²) in [5, 5.41) is 9.53. The van der Waals surface area contributed by atoms with Crippen LogP contribution >= 0.6 is 0 Å². The predicted molar refractivity (Wildman–Crippen MR) is 79.0 cm³/mol. The van der Waals surface area contributed by atoms with Gasteiger partial charge in [0.15, 0.2) is 0 Å². The van der Waals surface area contributed by atoms with Crippen LogP contribution in [0.4, 0.5) is 0 Å². The summed E-state index contributed by atoms with van der Waals surface area (Å²) in [6, 6.07) is 2.67. The average Bonchev–Trinajstić information content (AvgIpc) is 2.54. The van der Waals surface area contributed by atoms with Crippen molar-refractivity contribution in [3.63, 3.8) is 0 Å². The van der Waals surface area contributed by atoms with E-state index in [1.807, 2.05) is 11.9 Å². The molecule has 2 aliphatic rings. The van der Waals surface area contributed by atoms with Crippen molar-refractivity contribution in [3.8, 4) is 6.07 Å².